The Balaban J connectivity index is 1.97. The molecule has 0 aliphatic rings. The van der Waals surface area contributed by atoms with Gasteiger partial charge < -0.3 is 15.2 Å². The maximum Gasteiger partial charge on any atom is 0.511 e. The molecular formula is C20H14FNO4. The lowest BCUT2D eigenvalue weighted by Gasteiger charge is -2.13. The van der Waals surface area contributed by atoms with Crippen LogP contribution in [0.5, 0.6) is 5.75 Å². The fraction of sp³-hybridized carbons (Fsp3) is 0. The molecule has 3 rings (SSSR count). The Bertz CT molecular complexity index is 954. The second-order valence-electron chi connectivity index (χ2n) is 5.37. The zero-order valence-corrected chi connectivity index (χ0v) is 13.5. The molecule has 5 nitrogen and oxygen atoms in total. The Hall–Kier alpha value is -3.67. The van der Waals surface area contributed by atoms with Gasteiger partial charge >= 0.3 is 6.16 Å². The van der Waals surface area contributed by atoms with Gasteiger partial charge in [0.05, 0.1) is 0 Å². The van der Waals surface area contributed by atoms with Crippen molar-refractivity contribution in [2.24, 2.45) is 0 Å². The van der Waals surface area contributed by atoms with Crippen LogP contribution in [-0.4, -0.2) is 17.2 Å². The summed E-state index contributed by atoms with van der Waals surface area (Å²) in [4.78, 5) is 23.6. The van der Waals surface area contributed by atoms with Crippen molar-refractivity contribution in [3.8, 4) is 16.9 Å². The Morgan fingerprint density at radius 2 is 1.46 bits per heavy atom. The zero-order chi connectivity index (χ0) is 18.5. The van der Waals surface area contributed by atoms with Gasteiger partial charge in [-0.15, -0.1) is 0 Å². The third-order valence-electron chi connectivity index (χ3n) is 3.65. The molecule has 3 aromatic rings. The molecule has 1 amide bonds. The van der Waals surface area contributed by atoms with Crippen LogP contribution in [0.15, 0.2) is 72.8 Å². The molecule has 0 atom stereocenters. The summed E-state index contributed by atoms with van der Waals surface area (Å²) in [6.07, 6.45) is -1.44. The molecule has 0 aliphatic heterocycles. The number of carbonyl (C=O) groups excluding carboxylic acids is 1. The third-order valence-corrected chi connectivity index (χ3v) is 3.65. The van der Waals surface area contributed by atoms with Gasteiger partial charge in [0.2, 0.25) is 0 Å². The number of carboxylic acid groups (broad SMARTS) is 1. The lowest BCUT2D eigenvalue weighted by atomic mass is 9.98. The molecule has 130 valence electrons. The molecule has 0 saturated heterocycles. The Morgan fingerprint density at radius 1 is 0.846 bits per heavy atom. The van der Waals surface area contributed by atoms with E-state index in [1.54, 1.807) is 42.5 Å². The predicted molar refractivity (Wildman–Crippen MR) is 94.9 cm³/mol. The van der Waals surface area contributed by atoms with E-state index in [0.717, 1.165) is 0 Å². The third kappa shape index (κ3) is 3.87. The number of para-hydroxylation sites is 1. The van der Waals surface area contributed by atoms with Crippen LogP contribution in [0.1, 0.15) is 10.4 Å². The summed E-state index contributed by atoms with van der Waals surface area (Å²) in [5.41, 5.74) is 1.77. The monoisotopic (exact) mass is 351 g/mol. The van der Waals surface area contributed by atoms with Crippen LogP contribution in [0, 0.1) is 5.82 Å². The number of halogens is 1. The Labute approximate surface area is 148 Å². The predicted octanol–water partition coefficient (Wildman–Crippen LogP) is 4.80. The Kier molecular flexibility index (Phi) is 4.94. The summed E-state index contributed by atoms with van der Waals surface area (Å²) in [7, 11) is 0. The quantitative estimate of drug-likeness (QED) is 0.523. The first-order valence-electron chi connectivity index (χ1n) is 7.71. The second kappa shape index (κ2) is 7.48. The second-order valence-corrected chi connectivity index (χ2v) is 5.37. The molecule has 26 heavy (non-hydrogen) atoms. The molecule has 6 heteroatoms. The van der Waals surface area contributed by atoms with Crippen LogP contribution in [-0.2, 0) is 0 Å². The number of nitrogens with one attached hydrogen (secondary N) is 1. The molecule has 0 spiro atoms. The minimum absolute atomic E-state index is 0.127. The van der Waals surface area contributed by atoms with Gasteiger partial charge in [-0.2, -0.15) is 0 Å². The van der Waals surface area contributed by atoms with Gasteiger partial charge in [-0.25, -0.2) is 9.18 Å². The average Bonchev–Trinajstić information content (AvgIpc) is 2.63. The minimum atomic E-state index is -1.44. The van der Waals surface area contributed by atoms with Gasteiger partial charge in [0, 0.05) is 16.8 Å². The van der Waals surface area contributed by atoms with Crippen molar-refractivity contribution in [1.29, 1.82) is 0 Å². The fourth-order valence-corrected chi connectivity index (χ4v) is 2.52. The standard InChI is InChI=1S/C20H14FNO4/c21-13-9-11-14(12-10-13)22-19(23)17-7-2-1-5-15(17)16-6-3-4-8-18(16)26-20(24)25/h1-12H,(H,22,23)(H,24,25). The van der Waals surface area contributed by atoms with Crippen LogP contribution < -0.4 is 10.1 Å². The molecule has 0 aromatic heterocycles. The number of hydrogen-bond acceptors (Lipinski definition) is 3. The lowest BCUT2D eigenvalue weighted by molar-refractivity contribution is 0.102. The topological polar surface area (TPSA) is 75.6 Å². The van der Waals surface area contributed by atoms with Crippen LogP contribution >= 0.6 is 0 Å². The molecule has 0 radical (unpaired) electrons. The SMILES string of the molecule is O=C(O)Oc1ccccc1-c1ccccc1C(=O)Nc1ccc(F)cc1. The minimum Gasteiger partial charge on any atom is -0.449 e. The van der Waals surface area contributed by atoms with Gasteiger partial charge in [0.25, 0.3) is 5.91 Å². The van der Waals surface area contributed by atoms with Gasteiger partial charge in [-0.1, -0.05) is 36.4 Å². The number of rotatable bonds is 4. The maximum absolute atomic E-state index is 13.0. The van der Waals surface area contributed by atoms with Gasteiger partial charge in [0.15, 0.2) is 0 Å². The average molecular weight is 351 g/mol. The Morgan fingerprint density at radius 3 is 2.15 bits per heavy atom. The lowest BCUT2D eigenvalue weighted by Crippen LogP contribution is -2.13. The van der Waals surface area contributed by atoms with E-state index in [1.807, 2.05) is 0 Å². The number of amides is 1. The first kappa shape index (κ1) is 17.2. The molecular weight excluding hydrogens is 337 g/mol. The van der Waals surface area contributed by atoms with Crippen LogP contribution in [0.4, 0.5) is 14.9 Å². The highest BCUT2D eigenvalue weighted by molar-refractivity contribution is 6.09. The van der Waals surface area contributed by atoms with Gasteiger partial charge in [-0.05, 0) is 42.0 Å². The van der Waals surface area contributed by atoms with E-state index in [4.69, 9.17) is 9.84 Å². The number of hydrogen-bond donors (Lipinski definition) is 2. The highest BCUT2D eigenvalue weighted by Crippen LogP contribution is 2.32. The highest BCUT2D eigenvalue weighted by atomic mass is 19.1. The number of anilines is 1. The van der Waals surface area contributed by atoms with E-state index in [2.05, 4.69) is 5.32 Å². The molecule has 0 unspecified atom stereocenters. The van der Waals surface area contributed by atoms with Gasteiger partial charge in [0.1, 0.15) is 11.6 Å². The molecule has 0 heterocycles. The van der Waals surface area contributed by atoms with E-state index >= 15 is 0 Å². The van der Waals surface area contributed by atoms with Crippen molar-refractivity contribution in [2.45, 2.75) is 0 Å². The van der Waals surface area contributed by atoms with E-state index in [0.29, 0.717) is 22.4 Å². The summed E-state index contributed by atoms with van der Waals surface area (Å²) in [6, 6.07) is 18.7. The number of ether oxygens (including phenoxy) is 1. The fourth-order valence-electron chi connectivity index (χ4n) is 2.52. The van der Waals surface area contributed by atoms with Crippen molar-refractivity contribution in [1.82, 2.24) is 0 Å². The van der Waals surface area contributed by atoms with Crippen LogP contribution in [0.3, 0.4) is 0 Å². The van der Waals surface area contributed by atoms with Crippen molar-refractivity contribution < 1.29 is 23.8 Å². The molecule has 0 fully saturated rings. The van der Waals surface area contributed by atoms with E-state index in [9.17, 15) is 14.0 Å². The summed E-state index contributed by atoms with van der Waals surface area (Å²) in [6.45, 7) is 0. The van der Waals surface area contributed by atoms with Crippen molar-refractivity contribution in [3.63, 3.8) is 0 Å². The first-order chi connectivity index (χ1) is 12.5. The molecule has 0 saturated carbocycles. The first-order valence-corrected chi connectivity index (χ1v) is 7.71. The van der Waals surface area contributed by atoms with Crippen LogP contribution in [0.2, 0.25) is 0 Å². The van der Waals surface area contributed by atoms with E-state index in [-0.39, 0.29) is 5.75 Å². The highest BCUT2D eigenvalue weighted by Gasteiger charge is 2.16. The molecule has 2 N–H and O–H groups in total. The smallest absolute Gasteiger partial charge is 0.449 e. The van der Waals surface area contributed by atoms with Crippen molar-refractivity contribution in [2.75, 3.05) is 5.32 Å². The van der Waals surface area contributed by atoms with Gasteiger partial charge in [-0.3, -0.25) is 4.79 Å². The van der Waals surface area contributed by atoms with Crippen molar-refractivity contribution >= 4 is 17.7 Å². The van der Waals surface area contributed by atoms with Crippen LogP contribution in [0.25, 0.3) is 11.1 Å². The molecule has 0 aliphatic carbocycles. The largest absolute Gasteiger partial charge is 0.511 e. The normalized spacial score (nSPS) is 10.2. The summed E-state index contributed by atoms with van der Waals surface area (Å²) < 4.78 is 17.8. The molecule has 0 bridgehead atoms. The van der Waals surface area contributed by atoms with E-state index < -0.39 is 17.9 Å². The van der Waals surface area contributed by atoms with Crippen molar-refractivity contribution in [3.05, 3.63) is 84.2 Å². The number of carbonyl (C=O) groups is 2. The summed E-state index contributed by atoms with van der Waals surface area (Å²) >= 11 is 0. The zero-order valence-electron chi connectivity index (χ0n) is 13.5. The maximum atomic E-state index is 13.0. The summed E-state index contributed by atoms with van der Waals surface area (Å²) in [5, 5.41) is 11.6. The molecule has 3 aromatic carbocycles. The number of benzene rings is 3. The van der Waals surface area contributed by atoms with E-state index in [1.165, 1.54) is 30.3 Å². The summed E-state index contributed by atoms with van der Waals surface area (Å²) in [5.74, 6) is -0.678.